The van der Waals surface area contributed by atoms with Crippen LogP contribution < -0.4 is 5.73 Å². The zero-order valence-electron chi connectivity index (χ0n) is 18.4. The van der Waals surface area contributed by atoms with Crippen molar-refractivity contribution in [1.29, 1.82) is 0 Å². The van der Waals surface area contributed by atoms with E-state index in [9.17, 15) is 0 Å². The molecule has 3 heteroatoms. The van der Waals surface area contributed by atoms with Crippen molar-refractivity contribution in [3.8, 4) is 0 Å². The Hall–Kier alpha value is -0.120. The second-order valence-corrected chi connectivity index (χ2v) is 8.57. The van der Waals surface area contributed by atoms with Crippen LogP contribution in [0.3, 0.4) is 0 Å². The largest absolute Gasteiger partial charge is 0.379 e. The summed E-state index contributed by atoms with van der Waals surface area (Å²) < 4.78 is 11.6. The lowest BCUT2D eigenvalue weighted by atomic mass is 10.0. The molecule has 1 aliphatic heterocycles. The Morgan fingerprint density at radius 3 is 1.56 bits per heavy atom. The summed E-state index contributed by atoms with van der Waals surface area (Å²) in [4.78, 5) is 0. The van der Waals surface area contributed by atoms with Crippen LogP contribution in [-0.2, 0) is 9.47 Å². The number of hydrogen-bond donors (Lipinski definition) is 1. The van der Waals surface area contributed by atoms with E-state index in [1.54, 1.807) is 0 Å². The summed E-state index contributed by atoms with van der Waals surface area (Å²) in [5, 5.41) is 0. The molecule has 0 unspecified atom stereocenters. The van der Waals surface area contributed by atoms with Crippen LogP contribution in [0.1, 0.15) is 122 Å². The highest BCUT2D eigenvalue weighted by molar-refractivity contribution is 4.73. The highest BCUT2D eigenvalue weighted by atomic mass is 16.5. The molecule has 0 saturated carbocycles. The van der Waals surface area contributed by atoms with E-state index in [-0.39, 0.29) is 6.10 Å². The van der Waals surface area contributed by atoms with Crippen LogP contribution in [0.25, 0.3) is 0 Å². The van der Waals surface area contributed by atoms with Crippen molar-refractivity contribution in [1.82, 2.24) is 0 Å². The molecule has 162 valence electrons. The molecule has 3 nitrogen and oxygen atoms in total. The van der Waals surface area contributed by atoms with E-state index >= 15 is 0 Å². The SMILES string of the molecule is CCCCCCCCCCCCCCCCCCOC[C@H]1CC[C@@H](CN)O1. The minimum atomic E-state index is 0.272. The predicted octanol–water partition coefficient (Wildman–Crippen LogP) is 6.77. The molecule has 1 fully saturated rings. The Bertz CT molecular complexity index is 298. The lowest BCUT2D eigenvalue weighted by Gasteiger charge is -2.12. The zero-order valence-corrected chi connectivity index (χ0v) is 18.4. The van der Waals surface area contributed by atoms with Crippen molar-refractivity contribution in [2.24, 2.45) is 5.73 Å². The predicted molar refractivity (Wildman–Crippen MR) is 117 cm³/mol. The molecule has 27 heavy (non-hydrogen) atoms. The monoisotopic (exact) mass is 383 g/mol. The third-order valence-corrected chi connectivity index (χ3v) is 5.90. The summed E-state index contributed by atoms with van der Waals surface area (Å²) in [7, 11) is 0. The molecule has 0 bridgehead atoms. The minimum Gasteiger partial charge on any atom is -0.379 e. The molecule has 1 saturated heterocycles. The van der Waals surface area contributed by atoms with E-state index in [4.69, 9.17) is 15.2 Å². The van der Waals surface area contributed by atoms with Crippen LogP contribution in [0.2, 0.25) is 0 Å². The van der Waals surface area contributed by atoms with Crippen LogP contribution in [0, 0.1) is 0 Å². The molecule has 0 aromatic carbocycles. The van der Waals surface area contributed by atoms with Crippen LogP contribution >= 0.6 is 0 Å². The number of hydrogen-bond acceptors (Lipinski definition) is 3. The second-order valence-electron chi connectivity index (χ2n) is 8.57. The number of rotatable bonds is 20. The third-order valence-electron chi connectivity index (χ3n) is 5.90. The molecule has 0 amide bonds. The second kappa shape index (κ2) is 19.2. The summed E-state index contributed by atoms with van der Waals surface area (Å²) in [6.07, 6.45) is 25.4. The molecule has 0 aromatic heterocycles. The van der Waals surface area contributed by atoms with E-state index in [1.807, 2.05) is 0 Å². The standard InChI is InChI=1S/C24H49NO2/c1-2-3-4-5-6-7-8-9-10-11-12-13-14-15-16-17-20-26-22-24-19-18-23(21-25)27-24/h23-24H,2-22,25H2,1H3/t23-,24+/m0/s1. The van der Waals surface area contributed by atoms with Crippen LogP contribution in [0.15, 0.2) is 0 Å². The lowest BCUT2D eigenvalue weighted by molar-refractivity contribution is -0.0126. The molecule has 2 N–H and O–H groups in total. The first kappa shape index (κ1) is 24.9. The van der Waals surface area contributed by atoms with Gasteiger partial charge in [0.15, 0.2) is 0 Å². The van der Waals surface area contributed by atoms with Gasteiger partial charge in [0.25, 0.3) is 0 Å². The summed E-state index contributed by atoms with van der Waals surface area (Å²) in [5.41, 5.74) is 5.63. The van der Waals surface area contributed by atoms with Crippen molar-refractivity contribution in [2.45, 2.75) is 135 Å². The van der Waals surface area contributed by atoms with Gasteiger partial charge in [0.2, 0.25) is 0 Å². The number of nitrogens with two attached hydrogens (primary N) is 1. The summed E-state index contributed by atoms with van der Waals surface area (Å²) >= 11 is 0. The zero-order chi connectivity index (χ0) is 19.4. The van der Waals surface area contributed by atoms with Gasteiger partial charge in [0.05, 0.1) is 18.8 Å². The molecule has 0 aliphatic carbocycles. The Morgan fingerprint density at radius 2 is 1.11 bits per heavy atom. The van der Waals surface area contributed by atoms with Crippen LogP contribution in [-0.4, -0.2) is 32.0 Å². The maximum absolute atomic E-state index is 5.79. The van der Waals surface area contributed by atoms with Crippen molar-refractivity contribution in [3.05, 3.63) is 0 Å². The van der Waals surface area contributed by atoms with E-state index in [0.717, 1.165) is 26.1 Å². The van der Waals surface area contributed by atoms with Crippen molar-refractivity contribution in [2.75, 3.05) is 19.8 Å². The highest BCUT2D eigenvalue weighted by Crippen LogP contribution is 2.19. The van der Waals surface area contributed by atoms with Gasteiger partial charge in [-0.15, -0.1) is 0 Å². The van der Waals surface area contributed by atoms with E-state index in [2.05, 4.69) is 6.92 Å². The average molecular weight is 384 g/mol. The molecule has 1 rings (SSSR count). The van der Waals surface area contributed by atoms with E-state index < -0.39 is 0 Å². The van der Waals surface area contributed by atoms with Gasteiger partial charge in [-0.05, 0) is 19.3 Å². The first-order chi connectivity index (χ1) is 13.4. The van der Waals surface area contributed by atoms with Crippen molar-refractivity contribution < 1.29 is 9.47 Å². The molecular formula is C24H49NO2. The fourth-order valence-electron chi connectivity index (χ4n) is 4.04. The fourth-order valence-corrected chi connectivity index (χ4v) is 4.04. The Balaban J connectivity index is 1.67. The molecule has 0 spiro atoms. The molecular weight excluding hydrogens is 334 g/mol. The Morgan fingerprint density at radius 1 is 0.667 bits per heavy atom. The smallest absolute Gasteiger partial charge is 0.0813 e. The van der Waals surface area contributed by atoms with Crippen molar-refractivity contribution in [3.63, 3.8) is 0 Å². The fraction of sp³-hybridized carbons (Fsp3) is 1.00. The van der Waals surface area contributed by atoms with Gasteiger partial charge >= 0.3 is 0 Å². The van der Waals surface area contributed by atoms with Gasteiger partial charge in [0.1, 0.15) is 0 Å². The maximum Gasteiger partial charge on any atom is 0.0813 e. The number of unbranched alkanes of at least 4 members (excludes halogenated alkanes) is 15. The average Bonchev–Trinajstić information content (AvgIpc) is 3.15. The third kappa shape index (κ3) is 15.5. The molecule has 0 radical (unpaired) electrons. The normalized spacial score (nSPS) is 19.8. The molecule has 0 aromatic rings. The van der Waals surface area contributed by atoms with Gasteiger partial charge in [0, 0.05) is 13.2 Å². The first-order valence-corrected chi connectivity index (χ1v) is 12.3. The van der Waals surface area contributed by atoms with Gasteiger partial charge in [-0.25, -0.2) is 0 Å². The summed E-state index contributed by atoms with van der Waals surface area (Å²) in [6.45, 7) is 4.59. The lowest BCUT2D eigenvalue weighted by Crippen LogP contribution is -2.22. The summed E-state index contributed by atoms with van der Waals surface area (Å²) in [5.74, 6) is 0. The maximum atomic E-state index is 5.79. The molecule has 1 heterocycles. The van der Waals surface area contributed by atoms with Gasteiger partial charge in [-0.2, -0.15) is 0 Å². The minimum absolute atomic E-state index is 0.272. The summed E-state index contributed by atoms with van der Waals surface area (Å²) in [6, 6.07) is 0. The number of ether oxygens (including phenoxy) is 2. The molecule has 1 aliphatic rings. The Labute approximate surface area is 170 Å². The van der Waals surface area contributed by atoms with Crippen molar-refractivity contribution >= 4 is 0 Å². The van der Waals surface area contributed by atoms with E-state index in [0.29, 0.717) is 12.6 Å². The van der Waals surface area contributed by atoms with Gasteiger partial charge < -0.3 is 15.2 Å². The highest BCUT2D eigenvalue weighted by Gasteiger charge is 2.23. The van der Waals surface area contributed by atoms with E-state index in [1.165, 1.54) is 103 Å². The van der Waals surface area contributed by atoms with Gasteiger partial charge in [-0.3, -0.25) is 0 Å². The molecule has 2 atom stereocenters. The van der Waals surface area contributed by atoms with Crippen LogP contribution in [0.4, 0.5) is 0 Å². The Kier molecular flexibility index (Phi) is 17.7. The quantitative estimate of drug-likeness (QED) is 0.236. The topological polar surface area (TPSA) is 44.5 Å². The van der Waals surface area contributed by atoms with Gasteiger partial charge in [-0.1, -0.05) is 103 Å². The van der Waals surface area contributed by atoms with Crippen LogP contribution in [0.5, 0.6) is 0 Å². The first-order valence-electron chi connectivity index (χ1n) is 12.3.